The summed E-state index contributed by atoms with van der Waals surface area (Å²) in [7, 11) is 0. The lowest BCUT2D eigenvalue weighted by molar-refractivity contribution is 0.759. The van der Waals surface area contributed by atoms with Gasteiger partial charge in [-0.1, -0.05) is 63.1 Å². The van der Waals surface area contributed by atoms with E-state index in [-0.39, 0.29) is 0 Å². The Bertz CT molecular complexity index is 450. The van der Waals surface area contributed by atoms with Gasteiger partial charge < -0.3 is 0 Å². The van der Waals surface area contributed by atoms with E-state index in [0.29, 0.717) is 0 Å². The molecule has 0 N–H and O–H groups in total. The summed E-state index contributed by atoms with van der Waals surface area (Å²) in [6, 6.07) is 13.6. The van der Waals surface area contributed by atoms with Crippen LogP contribution in [0.4, 0.5) is 0 Å². The topological polar surface area (TPSA) is 0 Å². The van der Waals surface area contributed by atoms with Gasteiger partial charge in [-0.3, -0.25) is 0 Å². The molecule has 96 valence electrons. The van der Waals surface area contributed by atoms with Crippen molar-refractivity contribution in [3.63, 3.8) is 0 Å². The van der Waals surface area contributed by atoms with Crippen molar-refractivity contribution in [3.05, 3.63) is 47.5 Å². The van der Waals surface area contributed by atoms with Gasteiger partial charge in [0.15, 0.2) is 0 Å². The Labute approximate surface area is 111 Å². The van der Waals surface area contributed by atoms with Crippen LogP contribution in [0.15, 0.2) is 36.4 Å². The van der Waals surface area contributed by atoms with E-state index in [2.05, 4.69) is 50.2 Å². The number of rotatable bonds is 6. The van der Waals surface area contributed by atoms with Crippen LogP contribution in [0, 0.1) is 0 Å². The molecule has 0 unspecified atom stereocenters. The van der Waals surface area contributed by atoms with Gasteiger partial charge in [0.25, 0.3) is 0 Å². The van der Waals surface area contributed by atoms with Crippen LogP contribution in [0.2, 0.25) is 0 Å². The Morgan fingerprint density at radius 3 is 1.56 bits per heavy atom. The monoisotopic (exact) mass is 240 g/mol. The zero-order valence-electron chi connectivity index (χ0n) is 11.7. The number of hydrogen-bond donors (Lipinski definition) is 0. The third kappa shape index (κ3) is 3.13. The van der Waals surface area contributed by atoms with Crippen LogP contribution in [0.5, 0.6) is 0 Å². The van der Waals surface area contributed by atoms with E-state index in [1.807, 2.05) is 0 Å². The van der Waals surface area contributed by atoms with Crippen LogP contribution >= 0.6 is 0 Å². The summed E-state index contributed by atoms with van der Waals surface area (Å²) < 4.78 is 0. The molecule has 0 atom stereocenters. The maximum atomic E-state index is 2.41. The fourth-order valence-electron chi connectivity index (χ4n) is 2.53. The van der Waals surface area contributed by atoms with E-state index in [1.54, 1.807) is 11.1 Å². The molecule has 0 fully saturated rings. The first kappa shape index (κ1) is 13.1. The first-order valence-corrected chi connectivity index (χ1v) is 7.35. The van der Waals surface area contributed by atoms with Crippen molar-refractivity contribution in [2.45, 2.75) is 52.4 Å². The SMILES string of the molecule is CCCCc1cc2ccccc2cc1CCCC. The maximum absolute atomic E-state index is 2.41. The second-order valence-corrected chi connectivity index (χ2v) is 5.18. The molecule has 0 saturated heterocycles. The lowest BCUT2D eigenvalue weighted by atomic mass is 9.94. The molecule has 0 aromatic heterocycles. The van der Waals surface area contributed by atoms with Gasteiger partial charge in [0, 0.05) is 0 Å². The second-order valence-electron chi connectivity index (χ2n) is 5.18. The molecule has 2 aromatic rings. The highest BCUT2D eigenvalue weighted by atomic mass is 14.1. The normalized spacial score (nSPS) is 11.0. The van der Waals surface area contributed by atoms with Gasteiger partial charge in [-0.05, 0) is 47.6 Å². The second kappa shape index (κ2) is 6.58. The van der Waals surface area contributed by atoms with Crippen LogP contribution in [-0.4, -0.2) is 0 Å². The molecule has 0 radical (unpaired) electrons. The molecule has 0 heterocycles. The van der Waals surface area contributed by atoms with E-state index in [4.69, 9.17) is 0 Å². The first-order chi connectivity index (χ1) is 8.85. The maximum Gasteiger partial charge on any atom is -0.0181 e. The highest BCUT2D eigenvalue weighted by Crippen LogP contribution is 2.23. The van der Waals surface area contributed by atoms with Crippen molar-refractivity contribution < 1.29 is 0 Å². The summed E-state index contributed by atoms with van der Waals surface area (Å²) in [5.41, 5.74) is 3.15. The van der Waals surface area contributed by atoms with Crippen molar-refractivity contribution in [2.75, 3.05) is 0 Å². The molecule has 0 aliphatic rings. The van der Waals surface area contributed by atoms with E-state index < -0.39 is 0 Å². The Morgan fingerprint density at radius 2 is 1.17 bits per heavy atom. The van der Waals surface area contributed by atoms with Crippen molar-refractivity contribution in [1.82, 2.24) is 0 Å². The Morgan fingerprint density at radius 1 is 0.722 bits per heavy atom. The molecular formula is C18H24. The van der Waals surface area contributed by atoms with Gasteiger partial charge in [0.2, 0.25) is 0 Å². The third-order valence-electron chi connectivity index (χ3n) is 3.67. The molecule has 0 amide bonds. The van der Waals surface area contributed by atoms with E-state index in [0.717, 1.165) is 0 Å². The molecule has 0 saturated carbocycles. The number of benzene rings is 2. The van der Waals surface area contributed by atoms with Crippen LogP contribution in [-0.2, 0) is 12.8 Å². The van der Waals surface area contributed by atoms with E-state index in [1.165, 1.54) is 49.3 Å². The minimum Gasteiger partial charge on any atom is -0.0654 e. The van der Waals surface area contributed by atoms with Gasteiger partial charge in [0.05, 0.1) is 0 Å². The molecule has 0 spiro atoms. The zero-order valence-corrected chi connectivity index (χ0v) is 11.7. The average molecular weight is 240 g/mol. The van der Waals surface area contributed by atoms with Crippen LogP contribution in [0.3, 0.4) is 0 Å². The quantitative estimate of drug-likeness (QED) is 0.623. The smallest absolute Gasteiger partial charge is 0.0181 e. The Balaban J connectivity index is 2.35. The summed E-state index contributed by atoms with van der Waals surface area (Å²) in [6.45, 7) is 4.54. The standard InChI is InChI=1S/C18H24/c1-3-5-9-15-13-17-11-7-8-12-18(17)14-16(15)10-6-4-2/h7-8,11-14H,3-6,9-10H2,1-2H3. The fourth-order valence-corrected chi connectivity index (χ4v) is 2.53. The van der Waals surface area contributed by atoms with Gasteiger partial charge in [-0.15, -0.1) is 0 Å². The summed E-state index contributed by atoms with van der Waals surface area (Å²) in [5.74, 6) is 0. The lowest BCUT2D eigenvalue weighted by Crippen LogP contribution is -1.95. The highest BCUT2D eigenvalue weighted by molar-refractivity contribution is 5.84. The Kier molecular flexibility index (Phi) is 4.81. The van der Waals surface area contributed by atoms with E-state index >= 15 is 0 Å². The van der Waals surface area contributed by atoms with Gasteiger partial charge in [-0.2, -0.15) is 0 Å². The number of unbranched alkanes of at least 4 members (excludes halogenated alkanes) is 2. The predicted molar refractivity (Wildman–Crippen MR) is 81.2 cm³/mol. The van der Waals surface area contributed by atoms with Gasteiger partial charge >= 0.3 is 0 Å². The fraction of sp³-hybridized carbons (Fsp3) is 0.444. The number of fused-ring (bicyclic) bond motifs is 1. The van der Waals surface area contributed by atoms with Crippen LogP contribution in [0.1, 0.15) is 50.7 Å². The first-order valence-electron chi connectivity index (χ1n) is 7.35. The van der Waals surface area contributed by atoms with Crippen molar-refractivity contribution in [3.8, 4) is 0 Å². The lowest BCUT2D eigenvalue weighted by Gasteiger charge is -2.11. The molecule has 0 aliphatic carbocycles. The average Bonchev–Trinajstić information content (AvgIpc) is 2.42. The van der Waals surface area contributed by atoms with Crippen molar-refractivity contribution >= 4 is 10.8 Å². The highest BCUT2D eigenvalue weighted by Gasteiger charge is 2.04. The third-order valence-corrected chi connectivity index (χ3v) is 3.67. The predicted octanol–water partition coefficient (Wildman–Crippen LogP) is 5.53. The molecule has 18 heavy (non-hydrogen) atoms. The van der Waals surface area contributed by atoms with Gasteiger partial charge in [0.1, 0.15) is 0 Å². The molecular weight excluding hydrogens is 216 g/mol. The molecule has 0 bridgehead atoms. The minimum atomic E-state index is 1.24. The summed E-state index contributed by atoms with van der Waals surface area (Å²) >= 11 is 0. The van der Waals surface area contributed by atoms with Crippen LogP contribution in [0.25, 0.3) is 10.8 Å². The largest absolute Gasteiger partial charge is 0.0654 e. The molecule has 0 nitrogen and oxygen atoms in total. The van der Waals surface area contributed by atoms with Crippen molar-refractivity contribution in [2.24, 2.45) is 0 Å². The minimum absolute atomic E-state index is 1.24. The Hall–Kier alpha value is -1.30. The summed E-state index contributed by atoms with van der Waals surface area (Å²) in [5, 5.41) is 2.78. The zero-order chi connectivity index (χ0) is 12.8. The molecule has 0 aliphatic heterocycles. The number of hydrogen-bond acceptors (Lipinski definition) is 0. The molecule has 2 rings (SSSR count). The number of aryl methyl sites for hydroxylation is 2. The van der Waals surface area contributed by atoms with E-state index in [9.17, 15) is 0 Å². The van der Waals surface area contributed by atoms with Gasteiger partial charge in [-0.25, -0.2) is 0 Å². The van der Waals surface area contributed by atoms with Crippen molar-refractivity contribution in [1.29, 1.82) is 0 Å². The summed E-state index contributed by atoms with van der Waals surface area (Å²) in [6.07, 6.45) is 7.63. The molecule has 0 heteroatoms. The summed E-state index contributed by atoms with van der Waals surface area (Å²) in [4.78, 5) is 0. The molecule has 2 aromatic carbocycles. The van der Waals surface area contributed by atoms with Crippen LogP contribution < -0.4 is 0 Å².